The van der Waals surface area contributed by atoms with E-state index in [2.05, 4.69) is 20.8 Å². The molecular weight excluding hydrogens is 289 g/mol. The summed E-state index contributed by atoms with van der Waals surface area (Å²) in [6, 6.07) is 5.65. The second-order valence-corrected chi connectivity index (χ2v) is 5.38. The number of halogens is 1. The van der Waals surface area contributed by atoms with Crippen molar-refractivity contribution in [2.24, 2.45) is 0 Å². The van der Waals surface area contributed by atoms with Gasteiger partial charge < -0.3 is 5.11 Å². The van der Waals surface area contributed by atoms with Crippen molar-refractivity contribution in [1.82, 2.24) is 0 Å². The number of nitriles is 1. The van der Waals surface area contributed by atoms with E-state index in [0.717, 1.165) is 9.13 Å². The highest BCUT2D eigenvalue weighted by Gasteiger charge is 2.17. The molecule has 1 rings (SSSR count). The topological polar surface area (TPSA) is 44.0 Å². The zero-order valence-corrected chi connectivity index (χ0v) is 10.6. The number of nitrogens with zero attached hydrogens (tertiary/aromatic N) is 1. The molecule has 2 nitrogen and oxygen atoms in total. The maximum absolute atomic E-state index is 9.56. The summed E-state index contributed by atoms with van der Waals surface area (Å²) in [6.07, 6.45) is 0. The van der Waals surface area contributed by atoms with Crippen LogP contribution in [0.4, 0.5) is 0 Å². The molecule has 0 spiro atoms. The minimum absolute atomic E-state index is 0.000772. The average molecular weight is 301 g/mol. The van der Waals surface area contributed by atoms with E-state index in [1.54, 1.807) is 6.07 Å². The second-order valence-electron chi connectivity index (χ2n) is 4.22. The van der Waals surface area contributed by atoms with Gasteiger partial charge >= 0.3 is 0 Å². The number of rotatable bonds is 0. The summed E-state index contributed by atoms with van der Waals surface area (Å²) in [4.78, 5) is 0. The first kappa shape index (κ1) is 11.3. The summed E-state index contributed by atoms with van der Waals surface area (Å²) in [6.45, 7) is 6.24. The fourth-order valence-corrected chi connectivity index (χ4v) is 1.74. The third kappa shape index (κ3) is 2.18. The zero-order valence-electron chi connectivity index (χ0n) is 8.43. The van der Waals surface area contributed by atoms with E-state index in [1.807, 2.05) is 34.7 Å². The van der Waals surface area contributed by atoms with Crippen molar-refractivity contribution < 1.29 is 5.11 Å². The van der Waals surface area contributed by atoms with Gasteiger partial charge in [-0.3, -0.25) is 0 Å². The van der Waals surface area contributed by atoms with Crippen molar-refractivity contribution in [3.05, 3.63) is 26.8 Å². The number of hydrogen-bond donors (Lipinski definition) is 1. The monoisotopic (exact) mass is 301 g/mol. The largest absolute Gasteiger partial charge is 0.505 e. The molecule has 1 aromatic rings. The van der Waals surface area contributed by atoms with Crippen LogP contribution < -0.4 is 0 Å². The Hall–Kier alpha value is -0.760. The van der Waals surface area contributed by atoms with Gasteiger partial charge in [0.05, 0.1) is 9.13 Å². The molecule has 14 heavy (non-hydrogen) atoms. The Morgan fingerprint density at radius 1 is 1.36 bits per heavy atom. The molecule has 0 aromatic heterocycles. The lowest BCUT2D eigenvalue weighted by Gasteiger charge is -2.20. The van der Waals surface area contributed by atoms with E-state index in [0.29, 0.717) is 5.56 Å². The predicted molar refractivity (Wildman–Crippen MR) is 64.2 cm³/mol. The minimum Gasteiger partial charge on any atom is -0.505 e. The number of benzene rings is 1. The number of hydrogen-bond acceptors (Lipinski definition) is 2. The molecule has 0 heterocycles. The van der Waals surface area contributed by atoms with Crippen LogP contribution in [0.5, 0.6) is 5.75 Å². The fraction of sp³-hybridized carbons (Fsp3) is 0.364. The zero-order chi connectivity index (χ0) is 10.9. The maximum Gasteiger partial charge on any atom is 0.146 e. The van der Waals surface area contributed by atoms with Gasteiger partial charge in [0.2, 0.25) is 0 Å². The normalized spacial score (nSPS) is 11.1. The van der Waals surface area contributed by atoms with Crippen molar-refractivity contribution >= 4 is 22.6 Å². The van der Waals surface area contributed by atoms with Gasteiger partial charge in [-0.05, 0) is 45.7 Å². The summed E-state index contributed by atoms with van der Waals surface area (Å²) < 4.78 is 0.728. The Kier molecular flexibility index (Phi) is 3.05. The van der Waals surface area contributed by atoms with Crippen LogP contribution >= 0.6 is 22.6 Å². The Labute approximate surface area is 97.7 Å². The van der Waals surface area contributed by atoms with Gasteiger partial charge in [-0.25, -0.2) is 0 Å². The number of phenolic OH excluding ortho intramolecular Hbond substituents is 1. The lowest BCUT2D eigenvalue weighted by molar-refractivity contribution is 0.468. The van der Waals surface area contributed by atoms with Crippen molar-refractivity contribution in [1.29, 1.82) is 5.26 Å². The quantitative estimate of drug-likeness (QED) is 0.748. The van der Waals surface area contributed by atoms with Crippen molar-refractivity contribution in [3.8, 4) is 11.8 Å². The summed E-state index contributed by atoms with van der Waals surface area (Å²) in [5.41, 5.74) is 1.41. The standard InChI is InChI=1S/C11H12INO/c1-11(2,3)8-4-7(6-13)10(14)9(12)5-8/h4-5,14H,1-3H3. The first-order valence-electron chi connectivity index (χ1n) is 4.29. The van der Waals surface area contributed by atoms with Crippen LogP contribution in [0.3, 0.4) is 0 Å². The average Bonchev–Trinajstić information content (AvgIpc) is 2.07. The molecule has 0 atom stereocenters. The van der Waals surface area contributed by atoms with Crippen molar-refractivity contribution in [2.45, 2.75) is 26.2 Å². The van der Waals surface area contributed by atoms with Crippen LogP contribution in [-0.4, -0.2) is 5.11 Å². The molecule has 0 aliphatic carbocycles. The van der Waals surface area contributed by atoms with Crippen LogP contribution in [0.25, 0.3) is 0 Å². The van der Waals surface area contributed by atoms with Gasteiger partial charge in [0.25, 0.3) is 0 Å². The number of phenols is 1. The van der Waals surface area contributed by atoms with Gasteiger partial charge in [-0.2, -0.15) is 5.26 Å². The Balaban J connectivity index is 3.40. The molecule has 0 bridgehead atoms. The molecule has 1 aromatic carbocycles. The van der Waals surface area contributed by atoms with Gasteiger partial charge in [0.1, 0.15) is 11.8 Å². The number of aromatic hydroxyl groups is 1. The van der Waals surface area contributed by atoms with E-state index in [4.69, 9.17) is 5.26 Å². The van der Waals surface area contributed by atoms with E-state index in [1.165, 1.54) is 0 Å². The van der Waals surface area contributed by atoms with Crippen LogP contribution in [0, 0.1) is 14.9 Å². The molecule has 0 radical (unpaired) electrons. The van der Waals surface area contributed by atoms with E-state index in [9.17, 15) is 5.11 Å². The lowest BCUT2D eigenvalue weighted by Crippen LogP contribution is -2.11. The predicted octanol–water partition coefficient (Wildman–Crippen LogP) is 3.17. The van der Waals surface area contributed by atoms with E-state index >= 15 is 0 Å². The SMILES string of the molecule is CC(C)(C)c1cc(I)c(O)c(C#N)c1. The molecule has 0 amide bonds. The Morgan fingerprint density at radius 2 is 1.93 bits per heavy atom. The lowest BCUT2D eigenvalue weighted by atomic mass is 9.86. The molecule has 0 saturated carbocycles. The summed E-state index contributed by atoms with van der Waals surface area (Å²) >= 11 is 2.04. The molecule has 0 fully saturated rings. The third-order valence-corrected chi connectivity index (χ3v) is 2.87. The molecule has 1 N–H and O–H groups in total. The highest BCUT2D eigenvalue weighted by Crippen LogP contribution is 2.31. The highest BCUT2D eigenvalue weighted by molar-refractivity contribution is 14.1. The minimum atomic E-state index is -0.000772. The first-order chi connectivity index (χ1) is 6.36. The van der Waals surface area contributed by atoms with Gasteiger partial charge in [-0.1, -0.05) is 20.8 Å². The Morgan fingerprint density at radius 3 is 2.36 bits per heavy atom. The molecule has 74 valence electrons. The third-order valence-electron chi connectivity index (χ3n) is 2.05. The molecular formula is C11H12INO. The van der Waals surface area contributed by atoms with Crippen LogP contribution in [0.2, 0.25) is 0 Å². The van der Waals surface area contributed by atoms with Gasteiger partial charge in [-0.15, -0.1) is 0 Å². The molecule has 0 aliphatic heterocycles. The van der Waals surface area contributed by atoms with E-state index in [-0.39, 0.29) is 11.2 Å². The Bertz CT molecular complexity index is 399. The molecule has 0 unspecified atom stereocenters. The summed E-state index contributed by atoms with van der Waals surface area (Å²) in [7, 11) is 0. The van der Waals surface area contributed by atoms with Gasteiger partial charge in [0, 0.05) is 0 Å². The highest BCUT2D eigenvalue weighted by atomic mass is 127. The van der Waals surface area contributed by atoms with Crippen molar-refractivity contribution in [2.75, 3.05) is 0 Å². The van der Waals surface area contributed by atoms with Crippen molar-refractivity contribution in [3.63, 3.8) is 0 Å². The smallest absolute Gasteiger partial charge is 0.146 e. The van der Waals surface area contributed by atoms with Crippen LogP contribution in [-0.2, 0) is 5.41 Å². The van der Waals surface area contributed by atoms with E-state index < -0.39 is 0 Å². The molecule has 3 heteroatoms. The maximum atomic E-state index is 9.56. The first-order valence-corrected chi connectivity index (χ1v) is 5.37. The van der Waals surface area contributed by atoms with Crippen LogP contribution in [0.15, 0.2) is 12.1 Å². The summed E-state index contributed by atoms with van der Waals surface area (Å²) in [5, 5.41) is 18.4. The fourth-order valence-electron chi connectivity index (χ4n) is 1.12. The summed E-state index contributed by atoms with van der Waals surface area (Å²) in [5.74, 6) is 0.0844. The van der Waals surface area contributed by atoms with Gasteiger partial charge in [0.15, 0.2) is 0 Å². The van der Waals surface area contributed by atoms with Crippen LogP contribution in [0.1, 0.15) is 31.9 Å². The molecule has 0 saturated heterocycles. The second kappa shape index (κ2) is 3.77. The molecule has 0 aliphatic rings.